The Balaban J connectivity index is 1.61. The summed E-state index contributed by atoms with van der Waals surface area (Å²) in [5, 5.41) is 18.8. The fourth-order valence-electron chi connectivity index (χ4n) is 3.67. The summed E-state index contributed by atoms with van der Waals surface area (Å²) >= 11 is 1.45. The highest BCUT2D eigenvalue weighted by molar-refractivity contribution is 7.13. The van der Waals surface area contributed by atoms with Crippen LogP contribution in [-0.4, -0.2) is 7.05 Å². The van der Waals surface area contributed by atoms with E-state index >= 15 is 0 Å². The van der Waals surface area contributed by atoms with E-state index < -0.39 is 0 Å². The molecule has 0 aliphatic heterocycles. The molecule has 162 valence electrons. The zero-order valence-corrected chi connectivity index (χ0v) is 19.1. The molecule has 5 nitrogen and oxygen atoms in total. The van der Waals surface area contributed by atoms with Crippen molar-refractivity contribution in [2.24, 2.45) is 0 Å². The molecular formula is C27H21N3O2S. The van der Waals surface area contributed by atoms with Crippen molar-refractivity contribution < 1.29 is 4.42 Å². The maximum absolute atomic E-state index is 12.8. The van der Waals surface area contributed by atoms with Crippen LogP contribution in [0.15, 0.2) is 81.5 Å². The summed E-state index contributed by atoms with van der Waals surface area (Å²) in [5.41, 5.74) is 2.98. The van der Waals surface area contributed by atoms with Crippen molar-refractivity contribution in [3.63, 3.8) is 0 Å². The van der Waals surface area contributed by atoms with Gasteiger partial charge in [-0.25, -0.2) is 4.79 Å². The molecule has 4 rings (SSSR count). The van der Waals surface area contributed by atoms with E-state index in [-0.39, 0.29) is 17.1 Å². The third-order valence-electron chi connectivity index (χ3n) is 5.52. The molecule has 0 saturated carbocycles. The van der Waals surface area contributed by atoms with Gasteiger partial charge >= 0.3 is 5.63 Å². The highest BCUT2D eigenvalue weighted by Crippen LogP contribution is 2.31. The Morgan fingerprint density at radius 3 is 2.58 bits per heavy atom. The van der Waals surface area contributed by atoms with Crippen molar-refractivity contribution in [1.29, 1.82) is 10.5 Å². The van der Waals surface area contributed by atoms with Crippen molar-refractivity contribution in [2.75, 3.05) is 11.9 Å². The van der Waals surface area contributed by atoms with E-state index in [0.717, 1.165) is 27.4 Å². The Bertz CT molecular complexity index is 1450. The number of nitriles is 2. The number of rotatable bonds is 6. The minimum atomic E-state index is -0.363. The molecule has 0 amide bonds. The van der Waals surface area contributed by atoms with Crippen LogP contribution in [0, 0.1) is 22.7 Å². The smallest absolute Gasteiger partial charge is 0.340 e. The monoisotopic (exact) mass is 451 g/mol. The molecule has 0 saturated heterocycles. The Morgan fingerprint density at radius 2 is 1.85 bits per heavy atom. The van der Waals surface area contributed by atoms with E-state index in [1.54, 1.807) is 6.08 Å². The van der Waals surface area contributed by atoms with Crippen LogP contribution in [0.25, 0.3) is 17.0 Å². The van der Waals surface area contributed by atoms with Crippen LogP contribution in [0.5, 0.6) is 0 Å². The summed E-state index contributed by atoms with van der Waals surface area (Å²) in [6.45, 7) is 2.70. The predicted molar refractivity (Wildman–Crippen MR) is 132 cm³/mol. The molecule has 0 fully saturated rings. The number of hydrogen-bond donors (Lipinski definition) is 0. The maximum Gasteiger partial charge on any atom is 0.340 e. The average molecular weight is 452 g/mol. The normalized spacial score (nSPS) is 11.4. The van der Waals surface area contributed by atoms with Crippen molar-refractivity contribution in [1.82, 2.24) is 0 Å². The molecule has 6 heteroatoms. The predicted octanol–water partition coefficient (Wildman–Crippen LogP) is 6.07. The molecule has 0 bridgehead atoms. The first-order chi connectivity index (χ1) is 16.0. The zero-order chi connectivity index (χ0) is 23.4. The average Bonchev–Trinajstić information content (AvgIpc) is 3.30. The van der Waals surface area contributed by atoms with Gasteiger partial charge in [0.2, 0.25) is 0 Å². The van der Waals surface area contributed by atoms with Gasteiger partial charge in [-0.2, -0.15) is 10.5 Å². The lowest BCUT2D eigenvalue weighted by Gasteiger charge is -2.20. The first-order valence-corrected chi connectivity index (χ1v) is 11.2. The van der Waals surface area contributed by atoms with E-state index in [1.165, 1.54) is 16.9 Å². The van der Waals surface area contributed by atoms with Crippen LogP contribution in [0.1, 0.15) is 33.7 Å². The number of allylic oxidation sites excluding steroid dienone is 1. The standard InChI is InChI=1S/C27H21N3O2S/c1-18(26-11-10-23(33-26)12-20(15-28)16-29)24-13-21-8-9-22(14-25(21)32-27(24)31)30(2)17-19-6-4-3-5-7-19/h3-14,18H,17H2,1-2H3. The number of nitrogens with zero attached hydrogens (tertiary/aromatic N) is 3. The molecule has 1 atom stereocenters. The first-order valence-electron chi connectivity index (χ1n) is 10.4. The van der Waals surface area contributed by atoms with Gasteiger partial charge in [0.25, 0.3) is 0 Å². The van der Waals surface area contributed by atoms with Gasteiger partial charge < -0.3 is 9.32 Å². The minimum absolute atomic E-state index is 0.0503. The molecule has 0 spiro atoms. The maximum atomic E-state index is 12.8. The molecule has 0 aliphatic rings. The van der Waals surface area contributed by atoms with Crippen LogP contribution < -0.4 is 10.5 Å². The van der Waals surface area contributed by atoms with E-state index in [2.05, 4.69) is 17.0 Å². The number of benzene rings is 2. The quantitative estimate of drug-likeness (QED) is 0.262. The number of anilines is 1. The molecule has 0 N–H and O–H groups in total. The molecule has 2 heterocycles. The van der Waals surface area contributed by atoms with Gasteiger partial charge in [0.05, 0.1) is 0 Å². The number of hydrogen-bond acceptors (Lipinski definition) is 6. The van der Waals surface area contributed by atoms with Gasteiger partial charge in [-0.1, -0.05) is 37.3 Å². The van der Waals surface area contributed by atoms with Crippen LogP contribution in [-0.2, 0) is 6.54 Å². The van der Waals surface area contributed by atoms with Crippen molar-refractivity contribution in [3.05, 3.63) is 104 Å². The lowest BCUT2D eigenvalue weighted by Crippen LogP contribution is -2.16. The second kappa shape index (κ2) is 9.56. The van der Waals surface area contributed by atoms with E-state index in [0.29, 0.717) is 11.1 Å². The van der Waals surface area contributed by atoms with Gasteiger partial charge in [0.1, 0.15) is 23.3 Å². The highest BCUT2D eigenvalue weighted by atomic mass is 32.1. The molecule has 4 aromatic rings. The molecule has 0 radical (unpaired) electrons. The lowest BCUT2D eigenvalue weighted by molar-refractivity contribution is 0.547. The highest BCUT2D eigenvalue weighted by Gasteiger charge is 2.17. The Kier molecular flexibility index (Phi) is 6.40. The molecular weight excluding hydrogens is 430 g/mol. The molecule has 1 unspecified atom stereocenters. The largest absolute Gasteiger partial charge is 0.422 e. The Hall–Kier alpha value is -4.13. The summed E-state index contributed by atoms with van der Waals surface area (Å²) in [4.78, 5) is 16.7. The van der Waals surface area contributed by atoms with Crippen molar-refractivity contribution in [2.45, 2.75) is 19.4 Å². The summed E-state index contributed by atoms with van der Waals surface area (Å²) in [7, 11) is 2.01. The third-order valence-corrected chi connectivity index (χ3v) is 6.73. The molecule has 0 aliphatic carbocycles. The summed E-state index contributed by atoms with van der Waals surface area (Å²) < 4.78 is 5.71. The molecule has 2 aromatic carbocycles. The fraction of sp³-hybridized carbons (Fsp3) is 0.148. The zero-order valence-electron chi connectivity index (χ0n) is 18.3. The van der Waals surface area contributed by atoms with Gasteiger partial charge in [-0.3, -0.25) is 0 Å². The minimum Gasteiger partial charge on any atom is -0.422 e. The topological polar surface area (TPSA) is 81.0 Å². The third kappa shape index (κ3) is 4.87. The Labute approximate surface area is 196 Å². The molecule has 33 heavy (non-hydrogen) atoms. The van der Waals surface area contributed by atoms with E-state index in [4.69, 9.17) is 14.9 Å². The second-order valence-electron chi connectivity index (χ2n) is 7.80. The van der Waals surface area contributed by atoms with Gasteiger partial charge in [-0.05, 0) is 42.0 Å². The summed E-state index contributed by atoms with van der Waals surface area (Å²) in [6.07, 6.45) is 1.55. The molecule has 2 aromatic heterocycles. The SMILES string of the molecule is CC(c1ccc(C=C(C#N)C#N)s1)c1cc2ccc(N(C)Cc3ccccc3)cc2oc1=O. The number of thiophene rings is 1. The van der Waals surface area contributed by atoms with E-state index in [9.17, 15) is 4.79 Å². The summed E-state index contributed by atoms with van der Waals surface area (Å²) in [5.74, 6) is -0.175. The van der Waals surface area contributed by atoms with Crippen LogP contribution in [0.3, 0.4) is 0 Å². The van der Waals surface area contributed by atoms with E-state index in [1.807, 2.05) is 80.7 Å². The van der Waals surface area contributed by atoms with Crippen molar-refractivity contribution in [3.8, 4) is 12.1 Å². The first kappa shape index (κ1) is 22.1. The van der Waals surface area contributed by atoms with Gasteiger partial charge in [0, 0.05) is 52.0 Å². The lowest BCUT2D eigenvalue weighted by atomic mass is 10.00. The Morgan fingerprint density at radius 1 is 1.09 bits per heavy atom. The van der Waals surface area contributed by atoms with Gasteiger partial charge in [0.15, 0.2) is 0 Å². The van der Waals surface area contributed by atoms with Gasteiger partial charge in [-0.15, -0.1) is 11.3 Å². The number of fused-ring (bicyclic) bond motifs is 1. The van der Waals surface area contributed by atoms with Crippen molar-refractivity contribution >= 4 is 34.1 Å². The second-order valence-corrected chi connectivity index (χ2v) is 8.94. The summed E-state index contributed by atoms with van der Waals surface area (Å²) in [6, 6.07) is 25.5. The van der Waals surface area contributed by atoms with Crippen LogP contribution in [0.2, 0.25) is 0 Å². The fourth-order valence-corrected chi connectivity index (χ4v) is 4.69. The van der Waals surface area contributed by atoms with Crippen LogP contribution >= 0.6 is 11.3 Å². The van der Waals surface area contributed by atoms with Crippen LogP contribution in [0.4, 0.5) is 5.69 Å².